The van der Waals surface area contributed by atoms with Gasteiger partial charge in [0.05, 0.1) is 0 Å². The number of fused-ring (bicyclic) bond motifs is 2. The highest BCUT2D eigenvalue weighted by Crippen LogP contribution is 2.35. The van der Waals surface area contributed by atoms with Crippen molar-refractivity contribution in [3.05, 3.63) is 11.6 Å². The Morgan fingerprint density at radius 2 is 1.85 bits per heavy atom. The first-order valence-corrected chi connectivity index (χ1v) is 11.1. The standard InChI is InChI=1S/C23H33NO10/c1-13-11-23(30,14(2)32-15(3)25)21(29)33-18-8-10-24(6)9-7-17(19(18)27)12-31-20(28)22(13,5)34-16(4)26/h7,13-14,18,30H,8-12H2,1-6H3/t13-,14?,18-,22-,23?/m1/s1. The summed E-state index contributed by atoms with van der Waals surface area (Å²) in [6.07, 6.45) is -1.43. The predicted molar refractivity (Wildman–Crippen MR) is 116 cm³/mol. The minimum absolute atomic E-state index is 0.104. The van der Waals surface area contributed by atoms with Crippen LogP contribution in [-0.2, 0) is 42.9 Å². The minimum atomic E-state index is -2.45. The fourth-order valence-corrected chi connectivity index (χ4v) is 3.96. The van der Waals surface area contributed by atoms with E-state index in [0.717, 1.165) is 13.8 Å². The van der Waals surface area contributed by atoms with Crippen LogP contribution in [0, 0.1) is 5.92 Å². The Bertz CT molecular complexity index is 883. The SMILES string of the molecule is CC(=O)OC(C)C1(O)C[C@@H](C)[C@@](C)(OC(C)=O)C(=O)OCC2=CCN(C)CC[C@@H](OC1=O)C2=O. The van der Waals surface area contributed by atoms with Crippen LogP contribution in [0.15, 0.2) is 11.6 Å². The molecule has 0 aliphatic carbocycles. The van der Waals surface area contributed by atoms with Crippen molar-refractivity contribution in [2.75, 3.05) is 26.7 Å². The number of rotatable bonds is 3. The van der Waals surface area contributed by atoms with Gasteiger partial charge in [0, 0.05) is 44.8 Å². The van der Waals surface area contributed by atoms with Gasteiger partial charge in [0.2, 0.25) is 11.4 Å². The summed E-state index contributed by atoms with van der Waals surface area (Å²) in [5.74, 6) is -5.25. The Balaban J connectivity index is 2.61. The van der Waals surface area contributed by atoms with Crippen LogP contribution in [0.5, 0.6) is 0 Å². The van der Waals surface area contributed by atoms with Crippen LogP contribution in [0.3, 0.4) is 0 Å². The lowest BCUT2D eigenvalue weighted by molar-refractivity contribution is -0.203. The Hall–Kier alpha value is -2.79. The topological polar surface area (TPSA) is 146 Å². The first-order chi connectivity index (χ1) is 15.7. The van der Waals surface area contributed by atoms with Crippen LogP contribution in [-0.4, -0.2) is 89.8 Å². The molecule has 2 heterocycles. The lowest BCUT2D eigenvalue weighted by Crippen LogP contribution is -2.57. The van der Waals surface area contributed by atoms with Crippen molar-refractivity contribution in [3.8, 4) is 0 Å². The fourth-order valence-electron chi connectivity index (χ4n) is 3.96. The second-order valence-electron chi connectivity index (χ2n) is 9.10. The average molecular weight is 484 g/mol. The quantitative estimate of drug-likeness (QED) is 0.437. The number of ether oxygens (including phenoxy) is 4. The number of hydrogen-bond acceptors (Lipinski definition) is 11. The van der Waals surface area contributed by atoms with Crippen molar-refractivity contribution in [1.29, 1.82) is 0 Å². The van der Waals surface area contributed by atoms with Crippen molar-refractivity contribution in [3.63, 3.8) is 0 Å². The molecule has 1 N–H and O–H groups in total. The van der Waals surface area contributed by atoms with Crippen molar-refractivity contribution in [2.24, 2.45) is 5.92 Å². The van der Waals surface area contributed by atoms with Gasteiger partial charge in [-0.3, -0.25) is 14.4 Å². The van der Waals surface area contributed by atoms with E-state index in [4.69, 9.17) is 18.9 Å². The molecule has 5 atom stereocenters. The van der Waals surface area contributed by atoms with E-state index in [2.05, 4.69) is 0 Å². The largest absolute Gasteiger partial charge is 0.459 e. The molecule has 0 aromatic heterocycles. The van der Waals surface area contributed by atoms with Crippen LogP contribution in [0.25, 0.3) is 0 Å². The number of likely N-dealkylation sites (N-methyl/N-ethyl adjacent to an activating group) is 1. The maximum atomic E-state index is 13.3. The summed E-state index contributed by atoms with van der Waals surface area (Å²) in [6.45, 7) is 6.68. The normalized spacial score (nSPS) is 32.4. The number of carbonyl (C=O) groups excluding carboxylic acids is 5. The molecule has 2 aliphatic heterocycles. The highest BCUT2D eigenvalue weighted by atomic mass is 16.6. The molecule has 11 nitrogen and oxygen atoms in total. The van der Waals surface area contributed by atoms with Crippen molar-refractivity contribution < 1.29 is 48.0 Å². The lowest BCUT2D eigenvalue weighted by Gasteiger charge is -2.39. The van der Waals surface area contributed by atoms with Crippen LogP contribution in [0.1, 0.15) is 47.5 Å². The number of cyclic esters (lactones) is 1. The molecule has 0 aromatic rings. The third kappa shape index (κ3) is 6.01. The van der Waals surface area contributed by atoms with E-state index in [-0.39, 0.29) is 12.0 Å². The van der Waals surface area contributed by atoms with Gasteiger partial charge in [-0.2, -0.15) is 0 Å². The highest BCUT2D eigenvalue weighted by molar-refractivity contribution is 6.01. The van der Waals surface area contributed by atoms with Gasteiger partial charge in [-0.1, -0.05) is 13.0 Å². The van der Waals surface area contributed by atoms with Gasteiger partial charge >= 0.3 is 23.9 Å². The average Bonchev–Trinajstić information content (AvgIpc) is 2.72. The van der Waals surface area contributed by atoms with Gasteiger partial charge in [-0.25, -0.2) is 9.59 Å². The zero-order chi connectivity index (χ0) is 25.8. The molecular weight excluding hydrogens is 450 g/mol. The molecule has 0 amide bonds. The Morgan fingerprint density at radius 3 is 2.44 bits per heavy atom. The molecular formula is C23H33NO10. The Kier molecular flexibility index (Phi) is 8.59. The molecule has 190 valence electrons. The first kappa shape index (κ1) is 27.5. The van der Waals surface area contributed by atoms with Gasteiger partial charge in [-0.15, -0.1) is 0 Å². The van der Waals surface area contributed by atoms with Crippen LogP contribution in [0.4, 0.5) is 0 Å². The highest BCUT2D eigenvalue weighted by Gasteiger charge is 2.54. The van der Waals surface area contributed by atoms with Crippen LogP contribution >= 0.6 is 0 Å². The molecule has 2 rings (SSSR count). The number of nitrogens with zero attached hydrogens (tertiary/aromatic N) is 1. The molecule has 1 saturated heterocycles. The maximum Gasteiger partial charge on any atom is 0.350 e. The van der Waals surface area contributed by atoms with Crippen molar-refractivity contribution >= 4 is 29.7 Å². The number of ketones is 1. The molecule has 11 heteroatoms. The lowest BCUT2D eigenvalue weighted by atomic mass is 9.78. The molecule has 34 heavy (non-hydrogen) atoms. The number of esters is 4. The molecule has 0 spiro atoms. The van der Waals surface area contributed by atoms with E-state index in [1.54, 1.807) is 13.1 Å². The summed E-state index contributed by atoms with van der Waals surface area (Å²) < 4.78 is 21.2. The second-order valence-corrected chi connectivity index (χ2v) is 9.10. The molecule has 0 saturated carbocycles. The van der Waals surface area contributed by atoms with Gasteiger partial charge in [-0.05, 0) is 27.3 Å². The van der Waals surface area contributed by atoms with Crippen molar-refractivity contribution in [1.82, 2.24) is 4.90 Å². The Morgan fingerprint density at radius 1 is 1.21 bits per heavy atom. The summed E-state index contributed by atoms with van der Waals surface area (Å²) in [4.78, 5) is 64.8. The van der Waals surface area contributed by atoms with Gasteiger partial charge < -0.3 is 29.0 Å². The minimum Gasteiger partial charge on any atom is -0.459 e. The molecule has 2 unspecified atom stereocenters. The summed E-state index contributed by atoms with van der Waals surface area (Å²) in [5, 5.41) is 11.4. The number of carbonyl (C=O) groups is 5. The number of aliphatic hydroxyl groups is 1. The summed E-state index contributed by atoms with van der Waals surface area (Å²) in [5.41, 5.74) is -4.27. The summed E-state index contributed by atoms with van der Waals surface area (Å²) >= 11 is 0. The third-order valence-corrected chi connectivity index (χ3v) is 6.33. The second kappa shape index (κ2) is 10.6. The zero-order valence-electron chi connectivity index (χ0n) is 20.4. The molecule has 1 fully saturated rings. The molecule has 0 radical (unpaired) electrons. The van der Waals surface area contributed by atoms with Crippen molar-refractivity contribution in [2.45, 2.75) is 70.9 Å². The summed E-state index contributed by atoms with van der Waals surface area (Å²) in [6, 6.07) is 0. The van der Waals surface area contributed by atoms with E-state index in [1.165, 1.54) is 20.8 Å². The maximum absolute atomic E-state index is 13.3. The van der Waals surface area contributed by atoms with E-state index < -0.39 is 72.0 Å². The Labute approximate surface area is 198 Å². The van der Waals surface area contributed by atoms with Gasteiger partial charge in [0.25, 0.3) is 0 Å². The van der Waals surface area contributed by atoms with Gasteiger partial charge in [0.1, 0.15) is 12.7 Å². The third-order valence-electron chi connectivity index (χ3n) is 6.33. The molecule has 2 bridgehead atoms. The number of hydrogen-bond donors (Lipinski definition) is 1. The molecule has 0 aromatic carbocycles. The molecule has 2 aliphatic rings. The van der Waals surface area contributed by atoms with E-state index >= 15 is 0 Å². The van der Waals surface area contributed by atoms with E-state index in [0.29, 0.717) is 13.1 Å². The van der Waals surface area contributed by atoms with E-state index in [9.17, 15) is 29.1 Å². The van der Waals surface area contributed by atoms with Gasteiger partial charge in [0.15, 0.2) is 11.7 Å². The monoisotopic (exact) mass is 483 g/mol. The van der Waals surface area contributed by atoms with Crippen LogP contribution < -0.4 is 0 Å². The zero-order valence-corrected chi connectivity index (χ0v) is 20.4. The van der Waals surface area contributed by atoms with Crippen LogP contribution in [0.2, 0.25) is 0 Å². The predicted octanol–water partition coefficient (Wildman–Crippen LogP) is 0.317. The first-order valence-electron chi connectivity index (χ1n) is 11.1. The number of Topliss-reactive ketones (excluding diaryl/α,β-unsaturated/α-hetero) is 1. The summed E-state index contributed by atoms with van der Waals surface area (Å²) in [7, 11) is 1.80. The smallest absolute Gasteiger partial charge is 0.350 e. The van der Waals surface area contributed by atoms with E-state index in [1.807, 2.05) is 4.90 Å². The fraction of sp³-hybridized carbons (Fsp3) is 0.696.